The third-order valence-corrected chi connectivity index (χ3v) is 4.54. The molecule has 4 N–H and O–H groups in total. The molecule has 3 heterocycles. The van der Waals surface area contributed by atoms with E-state index in [1.165, 1.54) is 28.9 Å². The Hall–Kier alpha value is -3.24. The molecule has 0 radical (unpaired) electrons. The van der Waals surface area contributed by atoms with Gasteiger partial charge in [-0.15, -0.1) is 0 Å². The molecule has 0 saturated heterocycles. The van der Waals surface area contributed by atoms with Gasteiger partial charge in [0.25, 0.3) is 5.91 Å². The number of anilines is 1. The van der Waals surface area contributed by atoms with Crippen LogP contribution >= 0.6 is 0 Å². The number of nitrogens with zero attached hydrogens (tertiary/aromatic N) is 4. The fraction of sp³-hybridized carbons (Fsp3) is 0.278. The summed E-state index contributed by atoms with van der Waals surface area (Å²) in [5, 5.41) is 16.7. The van der Waals surface area contributed by atoms with E-state index in [0.29, 0.717) is 22.8 Å². The van der Waals surface area contributed by atoms with Crippen molar-refractivity contribution < 1.29 is 19.0 Å². The van der Waals surface area contributed by atoms with E-state index in [9.17, 15) is 14.3 Å². The van der Waals surface area contributed by atoms with Gasteiger partial charge in [0.15, 0.2) is 11.8 Å². The Bertz CT molecular complexity index is 1040. The SMILES string of the molecule is CN1Cc2cc(F)ccc2OC(C(N)O)CNC(=O)c2cnn3ccc1nc23. The van der Waals surface area contributed by atoms with Gasteiger partial charge in [-0.25, -0.2) is 13.9 Å². The Balaban J connectivity index is 1.82. The van der Waals surface area contributed by atoms with E-state index in [-0.39, 0.29) is 18.7 Å². The number of carbonyl (C=O) groups is 1. The average Bonchev–Trinajstić information content (AvgIpc) is 3.08. The van der Waals surface area contributed by atoms with Crippen LogP contribution in [-0.2, 0) is 6.54 Å². The predicted molar refractivity (Wildman–Crippen MR) is 98.4 cm³/mol. The molecule has 1 aliphatic rings. The van der Waals surface area contributed by atoms with Crippen LogP contribution in [0, 0.1) is 5.82 Å². The molecule has 28 heavy (non-hydrogen) atoms. The van der Waals surface area contributed by atoms with Crippen LogP contribution in [-0.4, -0.2) is 51.5 Å². The Kier molecular flexibility index (Phi) is 4.57. The Labute approximate surface area is 159 Å². The molecule has 2 unspecified atom stereocenters. The van der Waals surface area contributed by atoms with Crippen LogP contribution in [0.5, 0.6) is 5.75 Å². The van der Waals surface area contributed by atoms with Crippen molar-refractivity contribution in [1.29, 1.82) is 0 Å². The van der Waals surface area contributed by atoms with E-state index < -0.39 is 24.1 Å². The largest absolute Gasteiger partial charge is 0.484 e. The van der Waals surface area contributed by atoms with Crippen LogP contribution in [0.2, 0.25) is 0 Å². The number of amides is 1. The zero-order valence-corrected chi connectivity index (χ0v) is 15.0. The van der Waals surface area contributed by atoms with Gasteiger partial charge < -0.3 is 25.8 Å². The molecule has 2 aromatic heterocycles. The number of ether oxygens (including phenoxy) is 1. The Morgan fingerprint density at radius 3 is 3.04 bits per heavy atom. The number of aliphatic hydroxyl groups excluding tert-OH is 1. The monoisotopic (exact) mass is 386 g/mol. The first-order chi connectivity index (χ1) is 13.4. The van der Waals surface area contributed by atoms with E-state index in [2.05, 4.69) is 15.4 Å². The zero-order valence-electron chi connectivity index (χ0n) is 15.0. The van der Waals surface area contributed by atoms with Crippen LogP contribution in [0.3, 0.4) is 0 Å². The zero-order chi connectivity index (χ0) is 19.8. The van der Waals surface area contributed by atoms with Gasteiger partial charge in [-0.3, -0.25) is 4.79 Å². The summed E-state index contributed by atoms with van der Waals surface area (Å²) < 4.78 is 21.1. The third-order valence-electron chi connectivity index (χ3n) is 4.54. The molecule has 146 valence electrons. The summed E-state index contributed by atoms with van der Waals surface area (Å²) in [5.74, 6) is 0.0991. The lowest BCUT2D eigenvalue weighted by Gasteiger charge is -2.25. The molecule has 4 rings (SSSR count). The highest BCUT2D eigenvalue weighted by Crippen LogP contribution is 2.25. The summed E-state index contributed by atoms with van der Waals surface area (Å²) in [6, 6.07) is 5.83. The number of aliphatic hydroxyl groups is 1. The quantitative estimate of drug-likeness (QED) is 0.514. The summed E-state index contributed by atoms with van der Waals surface area (Å²) in [5.41, 5.74) is 6.83. The number of hydrogen-bond donors (Lipinski definition) is 3. The van der Waals surface area contributed by atoms with E-state index in [1.807, 2.05) is 0 Å². The lowest BCUT2D eigenvalue weighted by Crippen LogP contribution is -2.47. The number of rotatable bonds is 1. The number of nitrogens with one attached hydrogen (secondary N) is 1. The van der Waals surface area contributed by atoms with Crippen LogP contribution in [0.1, 0.15) is 15.9 Å². The summed E-state index contributed by atoms with van der Waals surface area (Å²) in [6.45, 7) is 0.231. The van der Waals surface area contributed by atoms with Crippen LogP contribution in [0.4, 0.5) is 10.2 Å². The van der Waals surface area contributed by atoms with Crippen molar-refractivity contribution in [1.82, 2.24) is 19.9 Å². The standard InChI is InChI=1S/C18H19FN6O3/c1-24-9-10-6-11(19)2-3-13(10)28-14(16(20)26)8-21-18(27)12-7-22-25-5-4-15(24)23-17(12)25/h2-7,14,16,26H,8-9,20H2,1H3,(H,21,27). The van der Waals surface area contributed by atoms with Gasteiger partial charge in [0.2, 0.25) is 0 Å². The number of halogens is 1. The van der Waals surface area contributed by atoms with Gasteiger partial charge in [0.1, 0.15) is 29.2 Å². The molecule has 9 nitrogen and oxygen atoms in total. The molecular formula is C18H19FN6O3. The second-order valence-electron chi connectivity index (χ2n) is 6.58. The topological polar surface area (TPSA) is 118 Å². The van der Waals surface area contributed by atoms with Crippen molar-refractivity contribution in [3.05, 3.63) is 53.6 Å². The van der Waals surface area contributed by atoms with Gasteiger partial charge in [-0.2, -0.15) is 5.10 Å². The second-order valence-corrected chi connectivity index (χ2v) is 6.58. The number of benzene rings is 1. The maximum atomic E-state index is 13.8. The van der Waals surface area contributed by atoms with Gasteiger partial charge in [-0.1, -0.05) is 0 Å². The first-order valence-corrected chi connectivity index (χ1v) is 8.65. The van der Waals surface area contributed by atoms with Gasteiger partial charge in [0, 0.05) is 25.4 Å². The number of hydrogen-bond acceptors (Lipinski definition) is 7. The molecule has 1 aliphatic heterocycles. The lowest BCUT2D eigenvalue weighted by atomic mass is 10.1. The molecule has 2 bridgehead atoms. The number of carbonyl (C=O) groups excluding carboxylic acids is 1. The van der Waals surface area contributed by atoms with Crippen LogP contribution in [0.15, 0.2) is 36.7 Å². The molecule has 1 amide bonds. The smallest absolute Gasteiger partial charge is 0.256 e. The van der Waals surface area contributed by atoms with E-state index in [4.69, 9.17) is 10.5 Å². The summed E-state index contributed by atoms with van der Waals surface area (Å²) >= 11 is 0. The van der Waals surface area contributed by atoms with Crippen molar-refractivity contribution in [2.45, 2.75) is 18.9 Å². The maximum Gasteiger partial charge on any atom is 0.256 e. The van der Waals surface area contributed by atoms with Gasteiger partial charge in [-0.05, 0) is 24.3 Å². The number of fused-ring (bicyclic) bond motifs is 2. The molecule has 10 heteroatoms. The molecule has 1 aromatic carbocycles. The van der Waals surface area contributed by atoms with Crippen molar-refractivity contribution in [2.75, 3.05) is 18.5 Å². The number of nitrogens with two attached hydrogens (primary N) is 1. The van der Waals surface area contributed by atoms with Crippen molar-refractivity contribution >= 4 is 17.4 Å². The Morgan fingerprint density at radius 1 is 1.43 bits per heavy atom. The van der Waals surface area contributed by atoms with E-state index in [1.54, 1.807) is 24.2 Å². The third kappa shape index (κ3) is 3.35. The van der Waals surface area contributed by atoms with Crippen molar-refractivity contribution in [3.8, 4) is 5.75 Å². The predicted octanol–water partition coefficient (Wildman–Crippen LogP) is 0.273. The van der Waals surface area contributed by atoms with Crippen LogP contribution in [0.25, 0.3) is 5.65 Å². The average molecular weight is 386 g/mol. The van der Waals surface area contributed by atoms with E-state index >= 15 is 0 Å². The first kappa shape index (κ1) is 18.1. The van der Waals surface area contributed by atoms with Crippen LogP contribution < -0.4 is 20.7 Å². The van der Waals surface area contributed by atoms with Crippen molar-refractivity contribution in [3.63, 3.8) is 0 Å². The highest BCUT2D eigenvalue weighted by atomic mass is 19.1. The summed E-state index contributed by atoms with van der Waals surface area (Å²) in [6.07, 6.45) is 0.828. The fourth-order valence-electron chi connectivity index (χ4n) is 3.04. The minimum Gasteiger partial charge on any atom is -0.484 e. The fourth-order valence-corrected chi connectivity index (χ4v) is 3.04. The molecule has 0 fully saturated rings. The minimum atomic E-state index is -1.35. The maximum absolute atomic E-state index is 13.8. The van der Waals surface area contributed by atoms with Gasteiger partial charge >= 0.3 is 0 Å². The summed E-state index contributed by atoms with van der Waals surface area (Å²) in [7, 11) is 1.79. The van der Waals surface area contributed by atoms with Gasteiger partial charge in [0.05, 0.1) is 12.7 Å². The first-order valence-electron chi connectivity index (χ1n) is 8.65. The molecule has 0 spiro atoms. The molecule has 2 atom stereocenters. The highest BCUT2D eigenvalue weighted by Gasteiger charge is 2.23. The second kappa shape index (κ2) is 7.06. The highest BCUT2D eigenvalue weighted by molar-refractivity contribution is 5.99. The molecule has 3 aromatic rings. The lowest BCUT2D eigenvalue weighted by molar-refractivity contribution is 0.0394. The van der Waals surface area contributed by atoms with E-state index in [0.717, 1.165) is 0 Å². The summed E-state index contributed by atoms with van der Waals surface area (Å²) in [4.78, 5) is 18.9. The Morgan fingerprint density at radius 2 is 2.25 bits per heavy atom. The molecule has 0 aliphatic carbocycles. The molecular weight excluding hydrogens is 367 g/mol. The molecule has 0 saturated carbocycles. The minimum absolute atomic E-state index is 0.0554. The van der Waals surface area contributed by atoms with Crippen molar-refractivity contribution in [2.24, 2.45) is 5.73 Å². The normalized spacial score (nSPS) is 18.5. The number of aromatic nitrogens is 3.